The maximum absolute atomic E-state index is 5.32. The number of aryl methyl sites for hydroxylation is 1. The van der Waals surface area contributed by atoms with Crippen molar-refractivity contribution < 1.29 is 9.47 Å². The second-order valence-electron chi connectivity index (χ2n) is 4.86. The normalized spacial score (nSPS) is 16.6. The fourth-order valence-corrected chi connectivity index (χ4v) is 2.71. The molecule has 4 nitrogen and oxygen atoms in total. The van der Waals surface area contributed by atoms with Gasteiger partial charge in [-0.15, -0.1) is 0 Å². The smallest absolute Gasteiger partial charge is 0.237 e. The Morgan fingerprint density at radius 2 is 2.10 bits per heavy atom. The van der Waals surface area contributed by atoms with E-state index in [1.807, 2.05) is 18.2 Å². The highest BCUT2D eigenvalue weighted by atomic mass is 16.5. The zero-order chi connectivity index (χ0) is 13.9. The summed E-state index contributed by atoms with van der Waals surface area (Å²) in [5, 5.41) is 3.52. The number of hydrogen-bond donors (Lipinski definition) is 1. The van der Waals surface area contributed by atoms with E-state index in [-0.39, 0.29) is 6.04 Å². The van der Waals surface area contributed by atoms with E-state index in [4.69, 9.17) is 9.47 Å². The van der Waals surface area contributed by atoms with Crippen molar-refractivity contribution in [1.29, 1.82) is 0 Å². The van der Waals surface area contributed by atoms with E-state index in [1.165, 1.54) is 11.1 Å². The monoisotopic (exact) mass is 270 g/mol. The number of nitrogens with one attached hydrogen (secondary N) is 1. The van der Waals surface area contributed by atoms with Crippen LogP contribution in [0.3, 0.4) is 0 Å². The minimum atomic E-state index is 0.276. The van der Waals surface area contributed by atoms with Crippen molar-refractivity contribution in [1.82, 2.24) is 4.98 Å². The molecule has 4 heteroatoms. The third-order valence-electron chi connectivity index (χ3n) is 3.73. The minimum absolute atomic E-state index is 0.276. The van der Waals surface area contributed by atoms with Gasteiger partial charge in [-0.25, -0.2) is 4.98 Å². The maximum atomic E-state index is 5.32. The van der Waals surface area contributed by atoms with E-state index in [0.717, 1.165) is 24.3 Å². The summed E-state index contributed by atoms with van der Waals surface area (Å²) in [7, 11) is 3.34. The number of fused-ring (bicyclic) bond motifs is 1. The predicted molar refractivity (Wildman–Crippen MR) is 78.5 cm³/mol. The zero-order valence-electron chi connectivity index (χ0n) is 11.7. The van der Waals surface area contributed by atoms with Gasteiger partial charge >= 0.3 is 0 Å². The lowest BCUT2D eigenvalue weighted by Crippen LogP contribution is -2.08. The molecule has 3 rings (SSSR count). The van der Waals surface area contributed by atoms with Gasteiger partial charge < -0.3 is 14.8 Å². The highest BCUT2D eigenvalue weighted by molar-refractivity contribution is 5.55. The first-order valence-corrected chi connectivity index (χ1v) is 6.74. The average molecular weight is 270 g/mol. The summed E-state index contributed by atoms with van der Waals surface area (Å²) in [4.78, 5) is 4.22. The molecule has 2 aromatic rings. The van der Waals surface area contributed by atoms with Crippen LogP contribution in [0.2, 0.25) is 0 Å². The Hall–Kier alpha value is -2.23. The second kappa shape index (κ2) is 5.41. The molecule has 1 aliphatic carbocycles. The van der Waals surface area contributed by atoms with Gasteiger partial charge in [0.2, 0.25) is 5.88 Å². The van der Waals surface area contributed by atoms with Crippen LogP contribution in [0.5, 0.6) is 11.6 Å². The second-order valence-corrected chi connectivity index (χ2v) is 4.86. The summed E-state index contributed by atoms with van der Waals surface area (Å²) in [5.41, 5.74) is 3.61. The number of rotatable bonds is 4. The first-order valence-electron chi connectivity index (χ1n) is 6.74. The van der Waals surface area contributed by atoms with Crippen LogP contribution in [0, 0.1) is 0 Å². The number of methoxy groups -OCH3 is 2. The first-order chi connectivity index (χ1) is 9.81. The number of aromatic nitrogens is 1. The molecule has 104 valence electrons. The van der Waals surface area contributed by atoms with Gasteiger partial charge in [0.1, 0.15) is 5.75 Å². The average Bonchev–Trinajstić information content (AvgIpc) is 2.90. The zero-order valence-corrected chi connectivity index (χ0v) is 11.7. The van der Waals surface area contributed by atoms with Crippen LogP contribution in [-0.4, -0.2) is 19.2 Å². The Morgan fingerprint density at radius 3 is 2.90 bits per heavy atom. The molecule has 1 aromatic carbocycles. The summed E-state index contributed by atoms with van der Waals surface area (Å²) in [5.74, 6) is 1.53. The quantitative estimate of drug-likeness (QED) is 0.926. The molecule has 1 atom stereocenters. The van der Waals surface area contributed by atoms with Gasteiger partial charge in [-0.3, -0.25) is 0 Å². The molecule has 1 N–H and O–H groups in total. The van der Waals surface area contributed by atoms with Crippen LogP contribution in [-0.2, 0) is 6.42 Å². The first kappa shape index (κ1) is 12.8. The number of nitrogens with zero attached hydrogens (tertiary/aromatic N) is 1. The van der Waals surface area contributed by atoms with Crippen LogP contribution >= 0.6 is 0 Å². The van der Waals surface area contributed by atoms with E-state index in [2.05, 4.69) is 22.4 Å². The highest BCUT2D eigenvalue weighted by Gasteiger charge is 2.23. The van der Waals surface area contributed by atoms with Gasteiger partial charge in [0.15, 0.2) is 0 Å². The summed E-state index contributed by atoms with van der Waals surface area (Å²) >= 11 is 0. The third-order valence-corrected chi connectivity index (χ3v) is 3.73. The summed E-state index contributed by atoms with van der Waals surface area (Å²) < 4.78 is 10.6. The topological polar surface area (TPSA) is 43.4 Å². The molecule has 1 aromatic heterocycles. The molecule has 0 saturated carbocycles. The molecule has 0 spiro atoms. The van der Waals surface area contributed by atoms with Gasteiger partial charge in [-0.2, -0.15) is 0 Å². The Labute approximate surface area is 118 Å². The van der Waals surface area contributed by atoms with E-state index in [1.54, 1.807) is 20.4 Å². The SMILES string of the molecule is COc1ccc2c(c1)C(Nc1cccnc1OC)CC2. The molecule has 0 bridgehead atoms. The molecular weight excluding hydrogens is 252 g/mol. The molecule has 0 radical (unpaired) electrons. The van der Waals surface area contributed by atoms with Crippen molar-refractivity contribution in [3.8, 4) is 11.6 Å². The molecule has 1 heterocycles. The molecule has 0 amide bonds. The maximum Gasteiger partial charge on any atom is 0.237 e. The van der Waals surface area contributed by atoms with Gasteiger partial charge in [0.05, 0.1) is 25.9 Å². The van der Waals surface area contributed by atoms with Crippen molar-refractivity contribution in [2.45, 2.75) is 18.9 Å². The molecule has 1 aliphatic rings. The van der Waals surface area contributed by atoms with Crippen molar-refractivity contribution >= 4 is 5.69 Å². The molecule has 0 aliphatic heterocycles. The van der Waals surface area contributed by atoms with Crippen LogP contribution in [0.25, 0.3) is 0 Å². The summed E-state index contributed by atoms with van der Waals surface area (Å²) in [6.45, 7) is 0. The van der Waals surface area contributed by atoms with E-state index in [0.29, 0.717) is 5.88 Å². The van der Waals surface area contributed by atoms with Gasteiger partial charge in [-0.05, 0) is 48.2 Å². The molecule has 20 heavy (non-hydrogen) atoms. The largest absolute Gasteiger partial charge is 0.497 e. The van der Waals surface area contributed by atoms with E-state index < -0.39 is 0 Å². The molecular formula is C16H18N2O2. The van der Waals surface area contributed by atoms with Crippen molar-refractivity contribution in [3.05, 3.63) is 47.7 Å². The highest BCUT2D eigenvalue weighted by Crippen LogP contribution is 2.37. The predicted octanol–water partition coefficient (Wildman–Crippen LogP) is 3.20. The fourth-order valence-electron chi connectivity index (χ4n) is 2.71. The number of anilines is 1. The molecule has 0 fully saturated rings. The van der Waals surface area contributed by atoms with Gasteiger partial charge in [0, 0.05) is 6.20 Å². The van der Waals surface area contributed by atoms with Crippen molar-refractivity contribution in [2.75, 3.05) is 19.5 Å². The Kier molecular flexibility index (Phi) is 3.46. The lowest BCUT2D eigenvalue weighted by Gasteiger charge is -2.17. The van der Waals surface area contributed by atoms with E-state index >= 15 is 0 Å². The van der Waals surface area contributed by atoms with Crippen LogP contribution in [0.1, 0.15) is 23.6 Å². The number of benzene rings is 1. The number of ether oxygens (including phenoxy) is 2. The van der Waals surface area contributed by atoms with Crippen molar-refractivity contribution in [2.24, 2.45) is 0 Å². The van der Waals surface area contributed by atoms with Gasteiger partial charge in [0.25, 0.3) is 0 Å². The Morgan fingerprint density at radius 1 is 1.20 bits per heavy atom. The van der Waals surface area contributed by atoms with Crippen LogP contribution < -0.4 is 14.8 Å². The standard InChI is InChI=1S/C16H18N2O2/c1-19-12-7-5-11-6-8-14(13(11)10-12)18-15-4-3-9-17-16(15)20-2/h3-5,7,9-10,14,18H,6,8H2,1-2H3. The fraction of sp³-hybridized carbons (Fsp3) is 0.312. The summed E-state index contributed by atoms with van der Waals surface area (Å²) in [6, 6.07) is 10.5. The van der Waals surface area contributed by atoms with Crippen molar-refractivity contribution in [3.63, 3.8) is 0 Å². The molecule has 0 saturated heterocycles. The minimum Gasteiger partial charge on any atom is -0.497 e. The van der Waals surface area contributed by atoms with E-state index in [9.17, 15) is 0 Å². The Bertz CT molecular complexity index is 613. The van der Waals surface area contributed by atoms with Gasteiger partial charge in [-0.1, -0.05) is 6.07 Å². The lowest BCUT2D eigenvalue weighted by atomic mass is 10.1. The Balaban J connectivity index is 1.87. The third kappa shape index (κ3) is 2.29. The molecule has 1 unspecified atom stereocenters. The number of pyridine rings is 1. The van der Waals surface area contributed by atoms with Crippen LogP contribution in [0.15, 0.2) is 36.5 Å². The lowest BCUT2D eigenvalue weighted by molar-refractivity contribution is 0.399. The van der Waals surface area contributed by atoms with Crippen LogP contribution in [0.4, 0.5) is 5.69 Å². The summed E-state index contributed by atoms with van der Waals surface area (Å²) in [6.07, 6.45) is 3.88. The number of hydrogen-bond acceptors (Lipinski definition) is 4.